The van der Waals surface area contributed by atoms with Crippen molar-refractivity contribution >= 4 is 0 Å². The monoisotopic (exact) mass is 183 g/mol. The summed E-state index contributed by atoms with van der Waals surface area (Å²) in [7, 11) is 3.39. The first kappa shape index (κ1) is 8.82. The third-order valence-corrected chi connectivity index (χ3v) is 2.11. The van der Waals surface area contributed by atoms with Gasteiger partial charge >= 0.3 is 0 Å². The van der Waals surface area contributed by atoms with Gasteiger partial charge in [0.15, 0.2) is 0 Å². The first-order valence-electron chi connectivity index (χ1n) is 4.47. The van der Waals surface area contributed by atoms with Gasteiger partial charge in [-0.05, 0) is 23.3 Å². The van der Waals surface area contributed by atoms with Crippen molar-refractivity contribution in [3.63, 3.8) is 0 Å². The fraction of sp³-hybridized carbons (Fsp3) is 0. The van der Waals surface area contributed by atoms with Gasteiger partial charge in [-0.2, -0.15) is 0 Å². The second kappa shape index (κ2) is 3.97. The average molecular weight is 183 g/mol. The molecule has 0 heterocycles. The molecular formula is C13H11O. The van der Waals surface area contributed by atoms with E-state index >= 15 is 0 Å². The maximum Gasteiger partial charge on any atom is 0.122 e. The Kier molecular flexibility index (Phi) is 2.50. The van der Waals surface area contributed by atoms with Gasteiger partial charge in [-0.25, -0.2) is 0 Å². The van der Waals surface area contributed by atoms with Gasteiger partial charge in [0.25, 0.3) is 0 Å². The summed E-state index contributed by atoms with van der Waals surface area (Å²) in [6, 6.07) is 18.1. The Labute approximate surface area is 84.0 Å². The lowest BCUT2D eigenvalue weighted by Crippen LogP contribution is -1.81. The summed E-state index contributed by atoms with van der Waals surface area (Å²) in [4.78, 5) is 0. The van der Waals surface area contributed by atoms with Crippen molar-refractivity contribution in [1.29, 1.82) is 0 Å². The van der Waals surface area contributed by atoms with Crippen LogP contribution in [0.4, 0.5) is 0 Å². The van der Waals surface area contributed by atoms with Gasteiger partial charge in [0.1, 0.15) is 12.9 Å². The molecule has 0 amide bonds. The molecule has 0 aliphatic carbocycles. The zero-order chi connectivity index (χ0) is 9.80. The van der Waals surface area contributed by atoms with E-state index in [1.807, 2.05) is 36.4 Å². The Hall–Kier alpha value is -1.76. The summed E-state index contributed by atoms with van der Waals surface area (Å²) >= 11 is 0. The predicted octanol–water partition coefficient (Wildman–Crippen LogP) is 3.52. The number of hydrogen-bond acceptors (Lipinski definition) is 1. The molecule has 2 rings (SSSR count). The van der Waals surface area contributed by atoms with Gasteiger partial charge in [-0.3, -0.25) is 0 Å². The molecule has 0 bridgehead atoms. The number of benzene rings is 2. The van der Waals surface area contributed by atoms with Crippen LogP contribution in [0.2, 0.25) is 0 Å². The number of rotatable bonds is 2. The second-order valence-electron chi connectivity index (χ2n) is 3.04. The van der Waals surface area contributed by atoms with Gasteiger partial charge in [0, 0.05) is 0 Å². The van der Waals surface area contributed by atoms with Crippen molar-refractivity contribution in [2.45, 2.75) is 0 Å². The van der Waals surface area contributed by atoms with Crippen molar-refractivity contribution in [1.82, 2.24) is 0 Å². The highest BCUT2D eigenvalue weighted by Gasteiger charge is 1.97. The van der Waals surface area contributed by atoms with Crippen LogP contribution in [0.5, 0.6) is 5.75 Å². The molecule has 0 saturated heterocycles. The lowest BCUT2D eigenvalue weighted by atomic mass is 10.1. The third kappa shape index (κ3) is 1.77. The maximum atomic E-state index is 4.93. The standard InChI is InChI=1S/C13H11O/c1-14-13-9-5-8-12(10-13)11-6-3-2-4-7-11/h2-10H,1H2. The van der Waals surface area contributed by atoms with E-state index in [4.69, 9.17) is 4.74 Å². The Balaban J connectivity index is 2.42. The summed E-state index contributed by atoms with van der Waals surface area (Å²) in [6.45, 7) is 0. The second-order valence-corrected chi connectivity index (χ2v) is 3.04. The smallest absolute Gasteiger partial charge is 0.122 e. The fourth-order valence-electron chi connectivity index (χ4n) is 1.40. The highest BCUT2D eigenvalue weighted by atomic mass is 16.5. The minimum Gasteiger partial charge on any atom is -0.490 e. The van der Waals surface area contributed by atoms with Crippen LogP contribution in [-0.2, 0) is 0 Å². The van der Waals surface area contributed by atoms with Crippen molar-refractivity contribution in [2.75, 3.05) is 0 Å². The number of ether oxygens (including phenoxy) is 1. The SMILES string of the molecule is [CH2]Oc1cccc(-c2ccccc2)c1. The van der Waals surface area contributed by atoms with Crippen LogP contribution in [0.15, 0.2) is 54.6 Å². The van der Waals surface area contributed by atoms with Crippen molar-refractivity contribution in [3.8, 4) is 16.9 Å². The normalized spacial score (nSPS) is 9.79. The largest absolute Gasteiger partial charge is 0.490 e. The van der Waals surface area contributed by atoms with Crippen LogP contribution in [0.3, 0.4) is 0 Å². The molecule has 1 nitrogen and oxygen atoms in total. The van der Waals surface area contributed by atoms with E-state index in [1.54, 1.807) is 0 Å². The summed E-state index contributed by atoms with van der Waals surface area (Å²) < 4.78 is 4.93. The van der Waals surface area contributed by atoms with E-state index in [9.17, 15) is 0 Å². The van der Waals surface area contributed by atoms with Gasteiger partial charge < -0.3 is 4.74 Å². The van der Waals surface area contributed by atoms with E-state index in [-0.39, 0.29) is 0 Å². The first-order valence-corrected chi connectivity index (χ1v) is 4.47. The zero-order valence-electron chi connectivity index (χ0n) is 7.81. The Morgan fingerprint density at radius 3 is 2.21 bits per heavy atom. The molecule has 0 unspecified atom stereocenters. The van der Waals surface area contributed by atoms with Gasteiger partial charge in [-0.1, -0.05) is 42.5 Å². The highest BCUT2D eigenvalue weighted by Crippen LogP contribution is 2.23. The van der Waals surface area contributed by atoms with Gasteiger partial charge in [0.2, 0.25) is 0 Å². The quantitative estimate of drug-likeness (QED) is 0.692. The summed E-state index contributed by atoms with van der Waals surface area (Å²) in [5.41, 5.74) is 2.33. The van der Waals surface area contributed by atoms with Crippen LogP contribution in [0, 0.1) is 7.11 Å². The predicted molar refractivity (Wildman–Crippen MR) is 57.9 cm³/mol. The van der Waals surface area contributed by atoms with E-state index in [0.29, 0.717) is 0 Å². The summed E-state index contributed by atoms with van der Waals surface area (Å²) in [5.74, 6) is 0.784. The van der Waals surface area contributed by atoms with Crippen molar-refractivity contribution in [2.24, 2.45) is 0 Å². The van der Waals surface area contributed by atoms with Gasteiger partial charge in [0.05, 0.1) is 0 Å². The van der Waals surface area contributed by atoms with Crippen LogP contribution in [0.1, 0.15) is 0 Å². The number of hydrogen-bond donors (Lipinski definition) is 0. The molecule has 1 radical (unpaired) electrons. The molecule has 0 aromatic heterocycles. The van der Waals surface area contributed by atoms with Crippen LogP contribution in [0.25, 0.3) is 11.1 Å². The molecule has 0 aliphatic heterocycles. The molecular weight excluding hydrogens is 172 g/mol. The molecule has 0 saturated carbocycles. The van der Waals surface area contributed by atoms with Crippen molar-refractivity contribution in [3.05, 3.63) is 61.7 Å². The topological polar surface area (TPSA) is 9.23 Å². The molecule has 1 heteroatoms. The molecule has 2 aromatic carbocycles. The molecule has 69 valence electrons. The minimum absolute atomic E-state index is 0.784. The van der Waals surface area contributed by atoms with E-state index in [1.165, 1.54) is 5.56 Å². The molecule has 0 fully saturated rings. The molecule has 0 aliphatic rings. The zero-order valence-corrected chi connectivity index (χ0v) is 7.81. The Morgan fingerprint density at radius 2 is 1.50 bits per heavy atom. The highest BCUT2D eigenvalue weighted by molar-refractivity contribution is 5.64. The molecule has 0 atom stereocenters. The Morgan fingerprint density at radius 1 is 0.786 bits per heavy atom. The maximum absolute atomic E-state index is 4.93. The van der Waals surface area contributed by atoms with Crippen LogP contribution < -0.4 is 4.74 Å². The van der Waals surface area contributed by atoms with E-state index in [0.717, 1.165) is 11.3 Å². The summed E-state index contributed by atoms with van der Waals surface area (Å²) in [5, 5.41) is 0. The van der Waals surface area contributed by atoms with Crippen LogP contribution >= 0.6 is 0 Å². The van der Waals surface area contributed by atoms with Crippen molar-refractivity contribution < 1.29 is 4.74 Å². The molecule has 14 heavy (non-hydrogen) atoms. The molecule has 0 spiro atoms. The van der Waals surface area contributed by atoms with E-state index in [2.05, 4.69) is 25.3 Å². The fourth-order valence-corrected chi connectivity index (χ4v) is 1.40. The molecule has 2 aromatic rings. The lowest BCUT2D eigenvalue weighted by Gasteiger charge is -2.03. The van der Waals surface area contributed by atoms with E-state index < -0.39 is 0 Å². The lowest BCUT2D eigenvalue weighted by molar-refractivity contribution is 0.473. The Bertz CT molecular complexity index is 407. The van der Waals surface area contributed by atoms with Crippen LogP contribution in [-0.4, -0.2) is 0 Å². The molecule has 0 N–H and O–H groups in total. The third-order valence-electron chi connectivity index (χ3n) is 2.11. The average Bonchev–Trinajstić information content (AvgIpc) is 2.30. The van der Waals surface area contributed by atoms with Gasteiger partial charge in [-0.15, -0.1) is 0 Å². The first-order chi connectivity index (χ1) is 6.90. The minimum atomic E-state index is 0.784. The summed E-state index contributed by atoms with van der Waals surface area (Å²) in [6.07, 6.45) is 0.